The number of hydrogen-bond acceptors (Lipinski definition) is 4. The highest BCUT2D eigenvalue weighted by Crippen LogP contribution is 2.29. The summed E-state index contributed by atoms with van der Waals surface area (Å²) in [5.41, 5.74) is 3.02. The van der Waals surface area contributed by atoms with Crippen LogP contribution in [-0.2, 0) is 22.6 Å². The van der Waals surface area contributed by atoms with E-state index in [4.69, 9.17) is 9.84 Å². The van der Waals surface area contributed by atoms with Gasteiger partial charge in [0, 0.05) is 6.42 Å². The number of carbonyl (C=O) groups is 2. The summed E-state index contributed by atoms with van der Waals surface area (Å²) >= 11 is 0. The number of aryl methyl sites for hydroxylation is 2. The smallest absolute Gasteiger partial charge is 0.305 e. The molecule has 1 aromatic heterocycles. The molecule has 24 heavy (non-hydrogen) atoms. The van der Waals surface area contributed by atoms with Crippen molar-refractivity contribution in [3.05, 3.63) is 41.2 Å². The SMILES string of the molecule is Cc1nn(CCC(=O)O)c(C)c1NC(=O)C1Cc2ccccc2O1. The molecule has 3 rings (SSSR count). The van der Waals surface area contributed by atoms with Gasteiger partial charge >= 0.3 is 5.97 Å². The molecular formula is C17H19N3O4. The summed E-state index contributed by atoms with van der Waals surface area (Å²) in [6.45, 7) is 3.86. The summed E-state index contributed by atoms with van der Waals surface area (Å²) in [4.78, 5) is 23.2. The molecule has 2 aromatic rings. The lowest BCUT2D eigenvalue weighted by Gasteiger charge is -2.12. The number of para-hydroxylation sites is 1. The Kier molecular flexibility index (Phi) is 4.24. The first-order chi connectivity index (χ1) is 11.5. The minimum absolute atomic E-state index is 0.0175. The number of rotatable bonds is 5. The third-order valence-electron chi connectivity index (χ3n) is 4.11. The Morgan fingerprint density at radius 2 is 2.12 bits per heavy atom. The molecule has 1 unspecified atom stereocenters. The molecular weight excluding hydrogens is 310 g/mol. The zero-order valence-corrected chi connectivity index (χ0v) is 13.6. The average Bonchev–Trinajstić information content (AvgIpc) is 3.09. The molecule has 0 aliphatic carbocycles. The first-order valence-corrected chi connectivity index (χ1v) is 7.77. The maximum Gasteiger partial charge on any atom is 0.305 e. The second-order valence-corrected chi connectivity index (χ2v) is 5.82. The molecule has 1 aliphatic rings. The standard InChI is InChI=1S/C17H19N3O4/c1-10-16(11(2)20(19-10)8-7-15(21)22)18-17(23)14-9-12-5-3-4-6-13(12)24-14/h3-6,14H,7-9H2,1-2H3,(H,18,23)(H,21,22). The number of benzene rings is 1. The third-order valence-corrected chi connectivity index (χ3v) is 4.11. The van der Waals surface area contributed by atoms with Crippen LogP contribution in [0.2, 0.25) is 0 Å². The first kappa shape index (κ1) is 16.0. The largest absolute Gasteiger partial charge is 0.481 e. The van der Waals surface area contributed by atoms with Gasteiger partial charge < -0.3 is 15.2 Å². The van der Waals surface area contributed by atoms with Gasteiger partial charge in [0.25, 0.3) is 5.91 Å². The molecule has 1 atom stereocenters. The highest BCUT2D eigenvalue weighted by atomic mass is 16.5. The van der Waals surface area contributed by atoms with Gasteiger partial charge in [-0.3, -0.25) is 14.3 Å². The van der Waals surface area contributed by atoms with Gasteiger partial charge in [-0.05, 0) is 25.5 Å². The third kappa shape index (κ3) is 3.10. The van der Waals surface area contributed by atoms with E-state index in [0.29, 0.717) is 17.8 Å². The van der Waals surface area contributed by atoms with Crippen molar-refractivity contribution in [3.63, 3.8) is 0 Å². The van der Waals surface area contributed by atoms with Crippen LogP contribution in [0.1, 0.15) is 23.4 Å². The maximum atomic E-state index is 12.5. The van der Waals surface area contributed by atoms with Gasteiger partial charge in [-0.15, -0.1) is 0 Å². The van der Waals surface area contributed by atoms with Gasteiger partial charge in [0.15, 0.2) is 6.10 Å². The number of aromatic nitrogens is 2. The molecule has 2 heterocycles. The second-order valence-electron chi connectivity index (χ2n) is 5.82. The Hall–Kier alpha value is -2.83. The highest BCUT2D eigenvalue weighted by molar-refractivity contribution is 5.96. The van der Waals surface area contributed by atoms with Crippen molar-refractivity contribution < 1.29 is 19.4 Å². The summed E-state index contributed by atoms with van der Waals surface area (Å²) in [6, 6.07) is 7.59. The second kappa shape index (κ2) is 6.35. The monoisotopic (exact) mass is 329 g/mol. The van der Waals surface area contributed by atoms with Gasteiger partial charge in [-0.1, -0.05) is 18.2 Å². The lowest BCUT2D eigenvalue weighted by molar-refractivity contribution is -0.137. The molecule has 126 valence electrons. The van der Waals surface area contributed by atoms with Crippen LogP contribution in [0.3, 0.4) is 0 Å². The lowest BCUT2D eigenvalue weighted by Crippen LogP contribution is -2.31. The van der Waals surface area contributed by atoms with Gasteiger partial charge in [-0.2, -0.15) is 5.10 Å². The molecule has 1 aliphatic heterocycles. The van der Waals surface area contributed by atoms with E-state index in [1.165, 1.54) is 0 Å². The zero-order valence-electron chi connectivity index (χ0n) is 13.6. The molecule has 2 N–H and O–H groups in total. The first-order valence-electron chi connectivity index (χ1n) is 7.77. The zero-order chi connectivity index (χ0) is 17.3. The normalized spacial score (nSPS) is 15.7. The molecule has 0 bridgehead atoms. The Morgan fingerprint density at radius 3 is 2.83 bits per heavy atom. The predicted octanol–water partition coefficient (Wildman–Crippen LogP) is 1.92. The minimum atomic E-state index is -0.884. The highest BCUT2D eigenvalue weighted by Gasteiger charge is 2.29. The van der Waals surface area contributed by atoms with Gasteiger partial charge in [0.05, 0.1) is 30.0 Å². The van der Waals surface area contributed by atoms with E-state index in [0.717, 1.165) is 17.0 Å². The van der Waals surface area contributed by atoms with Gasteiger partial charge in [-0.25, -0.2) is 0 Å². The van der Waals surface area contributed by atoms with Crippen molar-refractivity contribution in [2.45, 2.75) is 39.3 Å². The summed E-state index contributed by atoms with van der Waals surface area (Å²) in [6.07, 6.45) is -0.0486. The predicted molar refractivity (Wildman–Crippen MR) is 87.1 cm³/mol. The van der Waals surface area contributed by atoms with Gasteiger partial charge in [0.1, 0.15) is 5.75 Å². The van der Waals surface area contributed by atoms with E-state index in [1.54, 1.807) is 11.6 Å². The maximum absolute atomic E-state index is 12.5. The number of amides is 1. The fourth-order valence-corrected chi connectivity index (χ4v) is 2.83. The number of ether oxygens (including phenoxy) is 1. The number of hydrogen-bond donors (Lipinski definition) is 2. The summed E-state index contributed by atoms with van der Waals surface area (Å²) < 4.78 is 7.29. The molecule has 1 amide bonds. The fourth-order valence-electron chi connectivity index (χ4n) is 2.83. The Labute approximate surface area is 139 Å². The topological polar surface area (TPSA) is 93.5 Å². The molecule has 0 saturated heterocycles. The van der Waals surface area contributed by atoms with Gasteiger partial charge in [0.2, 0.25) is 0 Å². The number of carboxylic acids is 1. The molecule has 0 radical (unpaired) electrons. The Bertz CT molecular complexity index is 772. The van der Waals surface area contributed by atoms with Crippen molar-refractivity contribution in [3.8, 4) is 5.75 Å². The van der Waals surface area contributed by atoms with Crippen LogP contribution < -0.4 is 10.1 Å². The van der Waals surface area contributed by atoms with Crippen LogP contribution in [0, 0.1) is 13.8 Å². The number of nitrogens with zero attached hydrogens (tertiary/aromatic N) is 2. The van der Waals surface area contributed by atoms with Crippen molar-refractivity contribution >= 4 is 17.6 Å². The number of aliphatic carboxylic acids is 1. The van der Waals surface area contributed by atoms with Crippen molar-refractivity contribution in [2.75, 3.05) is 5.32 Å². The van der Waals surface area contributed by atoms with Crippen molar-refractivity contribution in [1.82, 2.24) is 9.78 Å². The summed E-state index contributed by atoms with van der Waals surface area (Å²) in [7, 11) is 0. The molecule has 0 saturated carbocycles. The van der Waals surface area contributed by atoms with Crippen molar-refractivity contribution in [1.29, 1.82) is 0 Å². The van der Waals surface area contributed by atoms with E-state index in [1.807, 2.05) is 31.2 Å². The van der Waals surface area contributed by atoms with Crippen molar-refractivity contribution in [2.24, 2.45) is 0 Å². The van der Waals surface area contributed by atoms with E-state index < -0.39 is 12.1 Å². The summed E-state index contributed by atoms with van der Waals surface area (Å²) in [5.74, 6) is -0.372. The lowest BCUT2D eigenvalue weighted by atomic mass is 10.1. The average molecular weight is 329 g/mol. The van der Waals surface area contributed by atoms with Crippen LogP contribution in [0.5, 0.6) is 5.75 Å². The molecule has 7 heteroatoms. The number of fused-ring (bicyclic) bond motifs is 1. The molecule has 0 spiro atoms. The van der Waals surface area contributed by atoms with Crippen LogP contribution in [0.4, 0.5) is 5.69 Å². The van der Waals surface area contributed by atoms with E-state index in [2.05, 4.69) is 10.4 Å². The number of carbonyl (C=O) groups excluding carboxylic acids is 1. The van der Waals surface area contributed by atoms with Crippen LogP contribution in [0.15, 0.2) is 24.3 Å². The minimum Gasteiger partial charge on any atom is -0.481 e. The van der Waals surface area contributed by atoms with E-state index >= 15 is 0 Å². The Morgan fingerprint density at radius 1 is 1.38 bits per heavy atom. The molecule has 7 nitrogen and oxygen atoms in total. The molecule has 0 fully saturated rings. The Balaban J connectivity index is 1.70. The fraction of sp³-hybridized carbons (Fsp3) is 0.353. The number of anilines is 1. The molecule has 1 aromatic carbocycles. The van der Waals surface area contributed by atoms with Crippen LogP contribution in [-0.4, -0.2) is 32.9 Å². The van der Waals surface area contributed by atoms with Crippen LogP contribution >= 0.6 is 0 Å². The van der Waals surface area contributed by atoms with E-state index in [9.17, 15) is 9.59 Å². The number of nitrogens with one attached hydrogen (secondary N) is 1. The quantitative estimate of drug-likeness (QED) is 0.874. The number of carboxylic acid groups (broad SMARTS) is 1. The summed E-state index contributed by atoms with van der Waals surface area (Å²) in [5, 5.41) is 16.0. The van der Waals surface area contributed by atoms with Crippen LogP contribution in [0.25, 0.3) is 0 Å². The van der Waals surface area contributed by atoms with E-state index in [-0.39, 0.29) is 18.9 Å².